The van der Waals surface area contributed by atoms with E-state index in [0.717, 1.165) is 0 Å². The maximum atomic E-state index is 12.2. The van der Waals surface area contributed by atoms with Crippen LogP contribution in [0.5, 0.6) is 0 Å². The van der Waals surface area contributed by atoms with Crippen LogP contribution in [0.1, 0.15) is 18.9 Å². The van der Waals surface area contributed by atoms with Crippen molar-refractivity contribution in [3.63, 3.8) is 0 Å². The maximum Gasteiger partial charge on any atom is 0.445 e. The fourth-order valence-corrected chi connectivity index (χ4v) is 1.59. The van der Waals surface area contributed by atoms with Crippen molar-refractivity contribution in [1.82, 2.24) is 10.2 Å². The Morgan fingerprint density at radius 3 is 2.59 bits per heavy atom. The molecule has 1 aromatic rings. The molecule has 0 amide bonds. The molecule has 0 atom stereocenters. The van der Waals surface area contributed by atoms with Crippen LogP contribution in [-0.2, 0) is 10.9 Å². The molecule has 0 unspecified atom stereocenters. The van der Waals surface area contributed by atoms with Crippen LogP contribution in [-0.4, -0.2) is 30.0 Å². The van der Waals surface area contributed by atoms with Gasteiger partial charge in [0, 0.05) is 13.2 Å². The van der Waals surface area contributed by atoms with Crippen molar-refractivity contribution < 1.29 is 17.9 Å². The Labute approximate surface area is 101 Å². The van der Waals surface area contributed by atoms with Gasteiger partial charge in [0.2, 0.25) is 10.1 Å². The molecule has 0 fully saturated rings. The first kappa shape index (κ1) is 14.2. The number of rotatable bonds is 6. The Kier molecular flexibility index (Phi) is 5.13. The molecule has 0 aliphatic rings. The Bertz CT molecular complexity index is 340. The van der Waals surface area contributed by atoms with E-state index in [0.29, 0.717) is 37.0 Å². The van der Waals surface area contributed by atoms with Gasteiger partial charge in [-0.25, -0.2) is 0 Å². The summed E-state index contributed by atoms with van der Waals surface area (Å²) in [5, 5.41) is 8.40. The number of hydrogen-bond donors (Lipinski definition) is 1. The Morgan fingerprint density at radius 1 is 1.35 bits per heavy atom. The number of nitrogens with one attached hydrogen (secondary N) is 1. The van der Waals surface area contributed by atoms with Gasteiger partial charge >= 0.3 is 6.18 Å². The maximum absolute atomic E-state index is 12.2. The zero-order valence-electron chi connectivity index (χ0n) is 9.54. The molecule has 1 N–H and O–H groups in total. The lowest BCUT2D eigenvalue weighted by atomic mass is 10.2. The van der Waals surface area contributed by atoms with Crippen LogP contribution >= 0.6 is 11.3 Å². The monoisotopic (exact) mass is 269 g/mol. The lowest BCUT2D eigenvalue weighted by Gasteiger charge is -2.06. The quantitative estimate of drug-likeness (QED) is 0.806. The molecule has 4 nitrogen and oxygen atoms in total. The highest BCUT2D eigenvalue weighted by atomic mass is 32.1. The average molecular weight is 269 g/mol. The number of aromatic nitrogens is 2. The number of hydrogen-bond acceptors (Lipinski definition) is 5. The average Bonchev–Trinajstić information content (AvgIpc) is 2.64. The van der Waals surface area contributed by atoms with E-state index in [1.165, 1.54) is 0 Å². The molecule has 0 aliphatic carbocycles. The second-order valence-electron chi connectivity index (χ2n) is 3.81. The van der Waals surface area contributed by atoms with Crippen LogP contribution in [0, 0.1) is 5.92 Å². The van der Waals surface area contributed by atoms with Crippen LogP contribution < -0.4 is 5.32 Å². The summed E-state index contributed by atoms with van der Waals surface area (Å²) in [6, 6.07) is 0. The van der Waals surface area contributed by atoms with Gasteiger partial charge in [-0.05, 0) is 5.92 Å². The lowest BCUT2D eigenvalue weighted by molar-refractivity contribution is -0.138. The van der Waals surface area contributed by atoms with E-state index >= 15 is 0 Å². The van der Waals surface area contributed by atoms with Crippen molar-refractivity contribution in [3.8, 4) is 0 Å². The van der Waals surface area contributed by atoms with Gasteiger partial charge in [0.1, 0.15) is 0 Å². The second-order valence-corrected chi connectivity index (χ2v) is 4.78. The molecule has 0 spiro atoms. The number of nitrogens with zero attached hydrogens (tertiary/aromatic N) is 2. The zero-order valence-corrected chi connectivity index (χ0v) is 10.4. The van der Waals surface area contributed by atoms with Gasteiger partial charge in [0.25, 0.3) is 0 Å². The summed E-state index contributed by atoms with van der Waals surface area (Å²) < 4.78 is 41.8. The van der Waals surface area contributed by atoms with Crippen molar-refractivity contribution >= 4 is 16.5 Å². The fraction of sp³-hybridized carbons (Fsp3) is 0.778. The SMILES string of the molecule is CC(C)COCCNc1nnc(C(F)(F)F)s1. The van der Waals surface area contributed by atoms with E-state index in [-0.39, 0.29) is 5.13 Å². The van der Waals surface area contributed by atoms with E-state index in [4.69, 9.17) is 4.74 Å². The van der Waals surface area contributed by atoms with Crippen molar-refractivity contribution in [2.75, 3.05) is 25.1 Å². The molecule has 0 bridgehead atoms. The summed E-state index contributed by atoms with van der Waals surface area (Å²) in [6.07, 6.45) is -4.42. The molecular formula is C9H14F3N3OS. The third-order valence-corrected chi connectivity index (χ3v) is 2.57. The molecule has 0 saturated carbocycles. The van der Waals surface area contributed by atoms with E-state index < -0.39 is 11.2 Å². The first-order valence-electron chi connectivity index (χ1n) is 5.12. The summed E-state index contributed by atoms with van der Waals surface area (Å²) >= 11 is 0.490. The lowest BCUT2D eigenvalue weighted by Crippen LogP contribution is -2.11. The normalized spacial score (nSPS) is 12.1. The van der Waals surface area contributed by atoms with Gasteiger partial charge in [0.15, 0.2) is 0 Å². The van der Waals surface area contributed by atoms with Crippen LogP contribution in [0.2, 0.25) is 0 Å². The standard InChI is InChI=1S/C9H14F3N3OS/c1-6(2)5-16-4-3-13-8-15-14-7(17-8)9(10,11)12/h6H,3-5H2,1-2H3,(H,13,15). The summed E-state index contributed by atoms with van der Waals surface area (Å²) in [7, 11) is 0. The van der Waals surface area contributed by atoms with Gasteiger partial charge in [0.05, 0.1) is 6.61 Å². The highest BCUT2D eigenvalue weighted by Crippen LogP contribution is 2.32. The van der Waals surface area contributed by atoms with Crippen LogP contribution in [0.4, 0.5) is 18.3 Å². The number of halogens is 3. The summed E-state index contributed by atoms with van der Waals surface area (Å²) in [5.41, 5.74) is 0. The molecule has 1 rings (SSSR count). The van der Waals surface area contributed by atoms with Crippen LogP contribution in [0.15, 0.2) is 0 Å². The third kappa shape index (κ3) is 5.31. The molecule has 1 heterocycles. The van der Waals surface area contributed by atoms with Crippen molar-refractivity contribution in [2.24, 2.45) is 5.92 Å². The Hall–Kier alpha value is -0.890. The van der Waals surface area contributed by atoms with E-state index in [1.807, 2.05) is 13.8 Å². The predicted molar refractivity (Wildman–Crippen MR) is 59.1 cm³/mol. The predicted octanol–water partition coefficient (Wildman–Crippen LogP) is 2.64. The number of ether oxygens (including phenoxy) is 1. The van der Waals surface area contributed by atoms with Crippen molar-refractivity contribution in [3.05, 3.63) is 5.01 Å². The molecule has 8 heteroatoms. The second kappa shape index (κ2) is 6.15. The molecule has 1 aromatic heterocycles. The van der Waals surface area contributed by atoms with Gasteiger partial charge in [-0.1, -0.05) is 25.2 Å². The highest BCUT2D eigenvalue weighted by molar-refractivity contribution is 7.15. The zero-order chi connectivity index (χ0) is 12.9. The minimum absolute atomic E-state index is 0.158. The summed E-state index contributed by atoms with van der Waals surface area (Å²) in [4.78, 5) is 0. The first-order valence-corrected chi connectivity index (χ1v) is 5.93. The van der Waals surface area contributed by atoms with E-state index in [9.17, 15) is 13.2 Å². The van der Waals surface area contributed by atoms with Crippen LogP contribution in [0.25, 0.3) is 0 Å². The Morgan fingerprint density at radius 2 is 2.06 bits per heavy atom. The topological polar surface area (TPSA) is 47.0 Å². The van der Waals surface area contributed by atoms with Gasteiger partial charge in [-0.15, -0.1) is 10.2 Å². The fourth-order valence-electron chi connectivity index (χ4n) is 0.958. The van der Waals surface area contributed by atoms with E-state index in [1.54, 1.807) is 0 Å². The van der Waals surface area contributed by atoms with Crippen molar-refractivity contribution in [2.45, 2.75) is 20.0 Å². The minimum atomic E-state index is -4.42. The first-order chi connectivity index (χ1) is 7.89. The molecular weight excluding hydrogens is 255 g/mol. The van der Waals surface area contributed by atoms with Gasteiger partial charge in [-0.2, -0.15) is 13.2 Å². The third-order valence-electron chi connectivity index (χ3n) is 1.64. The number of alkyl halides is 3. The van der Waals surface area contributed by atoms with Crippen molar-refractivity contribution in [1.29, 1.82) is 0 Å². The van der Waals surface area contributed by atoms with Crippen LogP contribution in [0.3, 0.4) is 0 Å². The summed E-state index contributed by atoms with van der Waals surface area (Å²) in [6.45, 7) is 5.52. The van der Waals surface area contributed by atoms with Gasteiger partial charge in [-0.3, -0.25) is 0 Å². The molecule has 0 radical (unpaired) electrons. The smallest absolute Gasteiger partial charge is 0.379 e. The molecule has 0 aliphatic heterocycles. The largest absolute Gasteiger partial charge is 0.445 e. The minimum Gasteiger partial charge on any atom is -0.379 e. The van der Waals surface area contributed by atoms with Gasteiger partial charge < -0.3 is 10.1 Å². The summed E-state index contributed by atoms with van der Waals surface area (Å²) in [5.74, 6) is 0.438. The number of anilines is 1. The molecule has 0 saturated heterocycles. The molecule has 17 heavy (non-hydrogen) atoms. The Balaban J connectivity index is 2.26. The molecule has 98 valence electrons. The van der Waals surface area contributed by atoms with E-state index in [2.05, 4.69) is 15.5 Å². The highest BCUT2D eigenvalue weighted by Gasteiger charge is 2.35. The molecule has 0 aromatic carbocycles.